The number of morpholine rings is 1. The summed E-state index contributed by atoms with van der Waals surface area (Å²) in [6.45, 7) is 6.07. The molecule has 1 saturated carbocycles. The zero-order valence-corrected chi connectivity index (χ0v) is 17.7. The van der Waals surface area contributed by atoms with E-state index in [0.29, 0.717) is 26.1 Å². The second-order valence-corrected chi connectivity index (χ2v) is 10.5. The molecule has 29 heavy (non-hydrogen) atoms. The maximum Gasteiger partial charge on any atom is 0.157 e. The van der Waals surface area contributed by atoms with Gasteiger partial charge in [0.05, 0.1) is 41.6 Å². The van der Waals surface area contributed by atoms with E-state index in [4.69, 9.17) is 9.72 Å². The summed E-state index contributed by atoms with van der Waals surface area (Å²) in [4.78, 5) is 7.20. The molecule has 0 unspecified atom stereocenters. The van der Waals surface area contributed by atoms with Crippen molar-refractivity contribution in [2.75, 3.05) is 30.9 Å². The van der Waals surface area contributed by atoms with E-state index in [2.05, 4.69) is 22.0 Å². The molecule has 0 spiro atoms. The number of nitrogens with one attached hydrogen (secondary N) is 1. The Morgan fingerprint density at radius 2 is 2.14 bits per heavy atom. The van der Waals surface area contributed by atoms with Crippen molar-refractivity contribution in [2.45, 2.75) is 37.5 Å². The number of ether oxygens (including phenoxy) is 1. The molecule has 8 nitrogen and oxygen atoms in total. The average molecular weight is 416 g/mol. The number of pyridine rings is 1. The zero-order valence-electron chi connectivity index (χ0n) is 16.8. The minimum Gasteiger partial charge on any atom is -0.377 e. The summed E-state index contributed by atoms with van der Waals surface area (Å²) < 4.78 is 32.2. The van der Waals surface area contributed by atoms with Gasteiger partial charge >= 0.3 is 0 Å². The van der Waals surface area contributed by atoms with Crippen LogP contribution in [0.15, 0.2) is 24.5 Å². The number of aryl methyl sites for hydroxylation is 1. The molecule has 1 saturated heterocycles. The van der Waals surface area contributed by atoms with Crippen LogP contribution in [0.25, 0.3) is 16.7 Å². The molecule has 3 aromatic rings. The monoisotopic (exact) mass is 415 g/mol. The first-order valence-corrected chi connectivity index (χ1v) is 11.8. The number of anilines is 1. The van der Waals surface area contributed by atoms with Crippen molar-refractivity contribution < 1.29 is 13.2 Å². The van der Waals surface area contributed by atoms with Crippen molar-refractivity contribution in [1.82, 2.24) is 19.7 Å². The van der Waals surface area contributed by atoms with Crippen LogP contribution in [0, 0.1) is 6.92 Å². The van der Waals surface area contributed by atoms with E-state index in [1.165, 1.54) is 6.26 Å². The van der Waals surface area contributed by atoms with Gasteiger partial charge in [-0.3, -0.25) is 9.67 Å². The minimum absolute atomic E-state index is 0.175. The molecule has 4 heterocycles. The van der Waals surface area contributed by atoms with Gasteiger partial charge in [-0.05, 0) is 44.4 Å². The highest BCUT2D eigenvalue weighted by Crippen LogP contribution is 2.54. The van der Waals surface area contributed by atoms with Crippen LogP contribution in [0.1, 0.15) is 31.0 Å². The molecule has 154 valence electrons. The lowest BCUT2D eigenvalue weighted by atomic mass is 10.1. The molecule has 2 aliphatic rings. The van der Waals surface area contributed by atoms with Gasteiger partial charge in [0.2, 0.25) is 0 Å². The van der Waals surface area contributed by atoms with Gasteiger partial charge in [-0.2, -0.15) is 5.10 Å². The summed E-state index contributed by atoms with van der Waals surface area (Å²) in [5.74, 6) is 0.805. The van der Waals surface area contributed by atoms with Crippen molar-refractivity contribution in [1.29, 1.82) is 0 Å². The van der Waals surface area contributed by atoms with Crippen molar-refractivity contribution in [3.05, 3.63) is 35.8 Å². The van der Waals surface area contributed by atoms with Gasteiger partial charge in [0.25, 0.3) is 0 Å². The lowest BCUT2D eigenvalue weighted by Gasteiger charge is -2.35. The van der Waals surface area contributed by atoms with E-state index in [9.17, 15) is 8.42 Å². The molecule has 0 bridgehead atoms. The summed E-state index contributed by atoms with van der Waals surface area (Å²) in [7, 11) is -3.25. The van der Waals surface area contributed by atoms with Crippen LogP contribution in [0.2, 0.25) is 0 Å². The molecule has 0 amide bonds. The number of fused-ring (bicyclic) bond motifs is 1. The maximum atomic E-state index is 12.7. The van der Waals surface area contributed by atoms with Crippen LogP contribution in [-0.4, -0.2) is 60.2 Å². The van der Waals surface area contributed by atoms with Crippen molar-refractivity contribution in [3.8, 4) is 5.69 Å². The molecule has 2 fully saturated rings. The molecule has 1 atom stereocenters. The summed E-state index contributed by atoms with van der Waals surface area (Å²) in [5.41, 5.74) is 3.46. The van der Waals surface area contributed by atoms with Crippen molar-refractivity contribution in [2.24, 2.45) is 0 Å². The second-order valence-electron chi connectivity index (χ2n) is 8.22. The van der Waals surface area contributed by atoms with Crippen LogP contribution in [0.3, 0.4) is 0 Å². The second kappa shape index (κ2) is 6.30. The highest BCUT2D eigenvalue weighted by atomic mass is 32.2. The first-order valence-electron chi connectivity index (χ1n) is 9.89. The van der Waals surface area contributed by atoms with Crippen LogP contribution >= 0.6 is 0 Å². The molecule has 0 radical (unpaired) electrons. The lowest BCUT2D eigenvalue weighted by Crippen LogP contribution is -2.44. The first-order chi connectivity index (χ1) is 13.8. The summed E-state index contributed by atoms with van der Waals surface area (Å²) >= 11 is 0. The molecular formula is C20H25N5O3S. The lowest BCUT2D eigenvalue weighted by molar-refractivity contribution is 0.0985. The number of hydrogen-bond acceptors (Lipinski definition) is 6. The molecular weight excluding hydrogens is 390 g/mol. The average Bonchev–Trinajstić information content (AvgIpc) is 3.24. The summed E-state index contributed by atoms with van der Waals surface area (Å²) in [5, 5.41) is 7.99. The zero-order chi connectivity index (χ0) is 20.4. The molecule has 1 aliphatic carbocycles. The number of aromatic amines is 1. The van der Waals surface area contributed by atoms with E-state index in [1.54, 1.807) is 6.20 Å². The Balaban J connectivity index is 1.77. The predicted molar refractivity (Wildman–Crippen MR) is 111 cm³/mol. The first kappa shape index (κ1) is 18.6. The van der Waals surface area contributed by atoms with E-state index in [0.717, 1.165) is 40.3 Å². The number of sulfone groups is 1. The fourth-order valence-corrected chi connectivity index (χ4v) is 5.83. The largest absolute Gasteiger partial charge is 0.377 e. The number of aromatic nitrogens is 4. The summed E-state index contributed by atoms with van der Waals surface area (Å²) in [6.07, 6.45) is 6.37. The molecule has 3 aromatic heterocycles. The van der Waals surface area contributed by atoms with Crippen LogP contribution in [0.5, 0.6) is 0 Å². The Morgan fingerprint density at radius 1 is 1.34 bits per heavy atom. The molecule has 1 aliphatic heterocycles. The Hall–Kier alpha value is -2.39. The number of H-pyrrole nitrogens is 1. The summed E-state index contributed by atoms with van der Waals surface area (Å²) in [6, 6.07) is 4.14. The van der Waals surface area contributed by atoms with Gasteiger partial charge in [-0.15, -0.1) is 0 Å². The third-order valence-corrected chi connectivity index (χ3v) is 8.32. The Morgan fingerprint density at radius 3 is 2.76 bits per heavy atom. The number of hydrogen-bond donors (Lipinski definition) is 1. The van der Waals surface area contributed by atoms with Crippen LogP contribution in [0.4, 0.5) is 5.82 Å². The SMILES string of the molecule is Cc1[nH]ncc1-n1ccc2c(C3(S(C)(=O)=O)CC3)cc(N3CCOC[C@H]3C)nc21. The van der Waals surface area contributed by atoms with Crippen molar-refractivity contribution in [3.63, 3.8) is 0 Å². The van der Waals surface area contributed by atoms with Gasteiger partial charge < -0.3 is 9.64 Å². The smallest absolute Gasteiger partial charge is 0.157 e. The maximum absolute atomic E-state index is 12.7. The Bertz CT molecular complexity index is 1190. The van der Waals surface area contributed by atoms with E-state index >= 15 is 0 Å². The highest BCUT2D eigenvalue weighted by Gasteiger charge is 2.54. The predicted octanol–water partition coefficient (Wildman–Crippen LogP) is 2.32. The van der Waals surface area contributed by atoms with Crippen LogP contribution < -0.4 is 4.90 Å². The van der Waals surface area contributed by atoms with Crippen LogP contribution in [-0.2, 0) is 19.3 Å². The number of nitrogens with zero attached hydrogens (tertiary/aromatic N) is 4. The van der Waals surface area contributed by atoms with E-state index in [-0.39, 0.29) is 6.04 Å². The fourth-order valence-electron chi connectivity index (χ4n) is 4.42. The van der Waals surface area contributed by atoms with Gasteiger partial charge in [-0.1, -0.05) is 0 Å². The third-order valence-electron chi connectivity index (χ3n) is 6.27. The fraction of sp³-hybridized carbons (Fsp3) is 0.500. The standard InChI is InChI=1S/C20H25N5O3S/c1-13-12-28-9-8-24(13)18-10-16(20(5-6-20)29(3,26)27)15-4-7-25(19(15)22-18)17-11-21-23-14(17)2/h4,7,10-11,13H,5-6,8-9,12H2,1-3H3,(H,21,23)/t13-/m1/s1. The van der Waals surface area contributed by atoms with E-state index in [1.807, 2.05) is 29.8 Å². The van der Waals surface area contributed by atoms with Gasteiger partial charge in [0, 0.05) is 24.4 Å². The molecule has 0 aromatic carbocycles. The van der Waals surface area contributed by atoms with Gasteiger partial charge in [0.1, 0.15) is 11.5 Å². The Labute approximate surface area is 169 Å². The minimum atomic E-state index is -3.25. The molecule has 9 heteroatoms. The van der Waals surface area contributed by atoms with Gasteiger partial charge in [-0.25, -0.2) is 13.4 Å². The topological polar surface area (TPSA) is 93.1 Å². The quantitative estimate of drug-likeness (QED) is 0.703. The number of rotatable bonds is 4. The molecule has 1 N–H and O–H groups in total. The van der Waals surface area contributed by atoms with E-state index < -0.39 is 14.6 Å². The third kappa shape index (κ3) is 2.78. The normalized spacial score (nSPS) is 21.6. The Kier molecular flexibility index (Phi) is 4.05. The molecule has 5 rings (SSSR count). The highest BCUT2D eigenvalue weighted by molar-refractivity contribution is 7.92. The van der Waals surface area contributed by atoms with Crippen molar-refractivity contribution >= 4 is 26.7 Å². The van der Waals surface area contributed by atoms with Gasteiger partial charge in [0.15, 0.2) is 9.84 Å².